The maximum Gasteiger partial charge on any atom is 0.255 e. The lowest BCUT2D eigenvalue weighted by Crippen LogP contribution is -2.11. The summed E-state index contributed by atoms with van der Waals surface area (Å²) in [4.78, 5) is 11.9. The van der Waals surface area contributed by atoms with Crippen LogP contribution in [0, 0.1) is 0 Å². The highest BCUT2D eigenvalue weighted by Gasteiger charge is 2.07. The smallest absolute Gasteiger partial charge is 0.255 e. The van der Waals surface area contributed by atoms with E-state index in [0.29, 0.717) is 22.0 Å². The summed E-state index contributed by atoms with van der Waals surface area (Å²) in [6, 6.07) is 12.0. The number of anilines is 2. The molecule has 0 unspecified atom stereocenters. The van der Waals surface area contributed by atoms with E-state index in [4.69, 9.17) is 17.3 Å². The van der Waals surface area contributed by atoms with Gasteiger partial charge in [-0.05, 0) is 52.3 Å². The molecule has 92 valence electrons. The fraction of sp³-hybridized carbons (Fsp3) is 0. The highest BCUT2D eigenvalue weighted by Crippen LogP contribution is 2.23. The average molecular weight is 326 g/mol. The molecule has 0 atom stereocenters. The molecule has 0 aliphatic rings. The first-order valence-corrected chi connectivity index (χ1v) is 6.35. The molecule has 0 aromatic heterocycles. The van der Waals surface area contributed by atoms with E-state index in [1.165, 1.54) is 0 Å². The van der Waals surface area contributed by atoms with E-state index in [-0.39, 0.29) is 5.91 Å². The number of carbonyl (C=O) groups excluding carboxylic acids is 1. The van der Waals surface area contributed by atoms with Gasteiger partial charge in [0.15, 0.2) is 0 Å². The molecule has 2 aromatic rings. The minimum absolute atomic E-state index is 0.214. The number of nitrogens with two attached hydrogens (primary N) is 1. The van der Waals surface area contributed by atoms with E-state index < -0.39 is 0 Å². The van der Waals surface area contributed by atoms with Gasteiger partial charge in [0, 0.05) is 26.4 Å². The number of amides is 1. The summed E-state index contributed by atoms with van der Waals surface area (Å²) in [6.07, 6.45) is 0. The molecule has 0 radical (unpaired) electrons. The lowest BCUT2D eigenvalue weighted by atomic mass is 10.2. The number of benzene rings is 2. The van der Waals surface area contributed by atoms with Crippen molar-refractivity contribution in [3.63, 3.8) is 0 Å². The van der Waals surface area contributed by atoms with Crippen LogP contribution in [0.25, 0.3) is 0 Å². The van der Waals surface area contributed by atoms with Gasteiger partial charge in [-0.1, -0.05) is 17.7 Å². The Kier molecular flexibility index (Phi) is 3.89. The van der Waals surface area contributed by atoms with Crippen LogP contribution in [0.15, 0.2) is 46.9 Å². The van der Waals surface area contributed by atoms with Crippen LogP contribution in [0.3, 0.4) is 0 Å². The second kappa shape index (κ2) is 5.42. The van der Waals surface area contributed by atoms with E-state index >= 15 is 0 Å². The normalized spacial score (nSPS) is 10.1. The summed E-state index contributed by atoms with van der Waals surface area (Å²) in [5.74, 6) is -0.214. The van der Waals surface area contributed by atoms with Crippen molar-refractivity contribution >= 4 is 44.8 Å². The first kappa shape index (κ1) is 12.9. The average Bonchev–Trinajstić information content (AvgIpc) is 2.34. The first-order chi connectivity index (χ1) is 8.56. The molecule has 0 saturated carbocycles. The molecule has 18 heavy (non-hydrogen) atoms. The van der Waals surface area contributed by atoms with Crippen molar-refractivity contribution < 1.29 is 4.79 Å². The molecule has 3 nitrogen and oxygen atoms in total. The predicted molar refractivity (Wildman–Crippen MR) is 78.0 cm³/mol. The Morgan fingerprint density at radius 2 is 2.00 bits per heavy atom. The number of hydrogen-bond donors (Lipinski definition) is 2. The standard InChI is InChI=1S/C13H10BrClN2O/c14-11-7-10(4-5-12(11)16)17-13(18)8-2-1-3-9(15)6-8/h1-7H,16H2,(H,17,18). The zero-order chi connectivity index (χ0) is 13.1. The summed E-state index contributed by atoms with van der Waals surface area (Å²) < 4.78 is 0.742. The van der Waals surface area contributed by atoms with Crippen LogP contribution in [0.5, 0.6) is 0 Å². The third kappa shape index (κ3) is 3.03. The SMILES string of the molecule is Nc1ccc(NC(=O)c2cccc(Cl)c2)cc1Br. The van der Waals surface area contributed by atoms with Gasteiger partial charge in [-0.15, -0.1) is 0 Å². The lowest BCUT2D eigenvalue weighted by molar-refractivity contribution is 0.102. The Hall–Kier alpha value is -1.52. The zero-order valence-corrected chi connectivity index (χ0v) is 11.6. The molecule has 1 amide bonds. The number of hydrogen-bond acceptors (Lipinski definition) is 2. The molecular formula is C13H10BrClN2O. The minimum atomic E-state index is -0.214. The molecule has 5 heteroatoms. The van der Waals surface area contributed by atoms with Gasteiger partial charge in [-0.25, -0.2) is 0 Å². The Bertz CT molecular complexity index is 601. The van der Waals surface area contributed by atoms with Gasteiger partial charge in [0.2, 0.25) is 0 Å². The van der Waals surface area contributed by atoms with Crippen molar-refractivity contribution in [2.75, 3.05) is 11.1 Å². The molecule has 0 bridgehead atoms. The zero-order valence-electron chi connectivity index (χ0n) is 9.28. The van der Waals surface area contributed by atoms with Gasteiger partial charge in [0.1, 0.15) is 0 Å². The lowest BCUT2D eigenvalue weighted by Gasteiger charge is -2.07. The Morgan fingerprint density at radius 1 is 1.22 bits per heavy atom. The molecule has 0 aliphatic heterocycles. The maximum absolute atomic E-state index is 11.9. The quantitative estimate of drug-likeness (QED) is 0.822. The molecule has 0 fully saturated rings. The van der Waals surface area contributed by atoms with Crippen molar-refractivity contribution in [1.82, 2.24) is 0 Å². The van der Waals surface area contributed by atoms with Crippen molar-refractivity contribution in [2.45, 2.75) is 0 Å². The second-order valence-corrected chi connectivity index (χ2v) is 4.99. The number of carbonyl (C=O) groups is 1. The van der Waals surface area contributed by atoms with E-state index in [0.717, 1.165) is 4.47 Å². The molecule has 2 rings (SSSR count). The van der Waals surface area contributed by atoms with Gasteiger partial charge < -0.3 is 11.1 Å². The molecular weight excluding hydrogens is 316 g/mol. The van der Waals surface area contributed by atoms with Crippen LogP contribution in [-0.2, 0) is 0 Å². The third-order valence-electron chi connectivity index (χ3n) is 2.35. The topological polar surface area (TPSA) is 55.1 Å². The van der Waals surface area contributed by atoms with Crippen LogP contribution >= 0.6 is 27.5 Å². The maximum atomic E-state index is 11.9. The summed E-state index contributed by atoms with van der Waals surface area (Å²) >= 11 is 9.14. The van der Waals surface area contributed by atoms with Crippen LogP contribution in [0.1, 0.15) is 10.4 Å². The number of halogens is 2. The van der Waals surface area contributed by atoms with Crippen molar-refractivity contribution in [2.24, 2.45) is 0 Å². The fourth-order valence-electron chi connectivity index (χ4n) is 1.44. The molecule has 0 saturated heterocycles. The molecule has 0 aliphatic carbocycles. The largest absolute Gasteiger partial charge is 0.398 e. The Labute approximate surface area is 118 Å². The van der Waals surface area contributed by atoms with E-state index in [2.05, 4.69) is 21.2 Å². The number of nitrogen functional groups attached to an aromatic ring is 1. The van der Waals surface area contributed by atoms with E-state index in [1.807, 2.05) is 0 Å². The molecule has 0 heterocycles. The van der Waals surface area contributed by atoms with Gasteiger partial charge >= 0.3 is 0 Å². The van der Waals surface area contributed by atoms with Crippen LogP contribution in [-0.4, -0.2) is 5.91 Å². The molecule has 2 aromatic carbocycles. The highest BCUT2D eigenvalue weighted by molar-refractivity contribution is 9.10. The van der Waals surface area contributed by atoms with Gasteiger partial charge in [0.05, 0.1) is 0 Å². The summed E-state index contributed by atoms with van der Waals surface area (Å²) in [6.45, 7) is 0. The Balaban J connectivity index is 2.18. The monoisotopic (exact) mass is 324 g/mol. The van der Waals surface area contributed by atoms with Gasteiger partial charge in [-0.3, -0.25) is 4.79 Å². The van der Waals surface area contributed by atoms with E-state index in [9.17, 15) is 4.79 Å². The fourth-order valence-corrected chi connectivity index (χ4v) is 2.01. The minimum Gasteiger partial charge on any atom is -0.398 e. The van der Waals surface area contributed by atoms with Crippen molar-refractivity contribution in [3.05, 3.63) is 57.5 Å². The van der Waals surface area contributed by atoms with Gasteiger partial charge in [0.25, 0.3) is 5.91 Å². The van der Waals surface area contributed by atoms with Crippen LogP contribution < -0.4 is 11.1 Å². The summed E-state index contributed by atoms with van der Waals surface area (Å²) in [7, 11) is 0. The molecule has 3 N–H and O–H groups in total. The first-order valence-electron chi connectivity index (χ1n) is 5.18. The Morgan fingerprint density at radius 3 is 2.67 bits per heavy atom. The van der Waals surface area contributed by atoms with Crippen LogP contribution in [0.2, 0.25) is 5.02 Å². The van der Waals surface area contributed by atoms with Gasteiger partial charge in [-0.2, -0.15) is 0 Å². The highest BCUT2D eigenvalue weighted by atomic mass is 79.9. The number of rotatable bonds is 2. The predicted octanol–water partition coefficient (Wildman–Crippen LogP) is 3.94. The summed E-state index contributed by atoms with van der Waals surface area (Å²) in [5.41, 5.74) is 7.47. The van der Waals surface area contributed by atoms with E-state index in [1.54, 1.807) is 42.5 Å². The number of nitrogens with one attached hydrogen (secondary N) is 1. The third-order valence-corrected chi connectivity index (χ3v) is 3.27. The van der Waals surface area contributed by atoms with Crippen LogP contribution in [0.4, 0.5) is 11.4 Å². The van der Waals surface area contributed by atoms with Crippen molar-refractivity contribution in [1.29, 1.82) is 0 Å². The summed E-state index contributed by atoms with van der Waals surface area (Å²) in [5, 5.41) is 3.30. The van der Waals surface area contributed by atoms with Crippen molar-refractivity contribution in [3.8, 4) is 0 Å². The molecule has 0 spiro atoms. The second-order valence-electron chi connectivity index (χ2n) is 3.70.